The lowest BCUT2D eigenvalue weighted by Gasteiger charge is -2.17. The molecule has 114 valence electrons. The van der Waals surface area contributed by atoms with Crippen LogP contribution in [0.25, 0.3) is 0 Å². The van der Waals surface area contributed by atoms with Gasteiger partial charge >= 0.3 is 0 Å². The van der Waals surface area contributed by atoms with Gasteiger partial charge in [-0.15, -0.1) is 0 Å². The maximum absolute atomic E-state index is 13.5. The first kappa shape index (κ1) is 14.5. The first-order chi connectivity index (χ1) is 10.6. The molecule has 0 aliphatic carbocycles. The molecule has 0 fully saturated rings. The Kier molecular flexibility index (Phi) is 4.04. The van der Waals surface area contributed by atoms with Crippen molar-refractivity contribution in [3.05, 3.63) is 59.7 Å². The highest BCUT2D eigenvalue weighted by atomic mass is 19.1. The van der Waals surface area contributed by atoms with Crippen molar-refractivity contribution in [3.8, 4) is 0 Å². The lowest BCUT2D eigenvalue weighted by molar-refractivity contribution is -0.118. The Morgan fingerprint density at radius 1 is 1.18 bits per heavy atom. The van der Waals surface area contributed by atoms with Crippen molar-refractivity contribution < 1.29 is 13.6 Å². The summed E-state index contributed by atoms with van der Waals surface area (Å²) in [5, 5.41) is 2.83. The molecule has 0 atom stereocenters. The molecule has 0 unspecified atom stereocenters. The molecule has 2 aromatic rings. The van der Waals surface area contributed by atoms with E-state index in [0.29, 0.717) is 13.1 Å². The third-order valence-corrected chi connectivity index (χ3v) is 3.77. The number of rotatable bonds is 4. The summed E-state index contributed by atoms with van der Waals surface area (Å²) in [5.74, 6) is -1.27. The van der Waals surface area contributed by atoms with Crippen molar-refractivity contribution in [2.24, 2.45) is 0 Å². The summed E-state index contributed by atoms with van der Waals surface area (Å²) >= 11 is 0. The van der Waals surface area contributed by atoms with Crippen LogP contribution < -0.4 is 10.2 Å². The van der Waals surface area contributed by atoms with Crippen LogP contribution in [0.15, 0.2) is 42.5 Å². The fourth-order valence-corrected chi connectivity index (χ4v) is 2.67. The van der Waals surface area contributed by atoms with E-state index >= 15 is 0 Å². The molecule has 3 nitrogen and oxygen atoms in total. The molecule has 0 radical (unpaired) electrons. The number of halogens is 2. The van der Waals surface area contributed by atoms with E-state index < -0.39 is 11.6 Å². The molecule has 0 spiro atoms. The number of para-hydroxylation sites is 1. The fourth-order valence-electron chi connectivity index (χ4n) is 2.67. The van der Waals surface area contributed by atoms with Crippen LogP contribution in [0.4, 0.5) is 20.2 Å². The van der Waals surface area contributed by atoms with Crippen molar-refractivity contribution in [2.75, 3.05) is 23.3 Å². The molecule has 22 heavy (non-hydrogen) atoms. The molecule has 1 aliphatic rings. The van der Waals surface area contributed by atoms with E-state index in [-0.39, 0.29) is 18.0 Å². The molecule has 0 saturated carbocycles. The SMILES string of the molecule is O=C(CCNc1ccc(F)cc1F)N1CCc2ccccc21. The van der Waals surface area contributed by atoms with Crippen molar-refractivity contribution in [1.82, 2.24) is 0 Å². The number of nitrogens with one attached hydrogen (secondary N) is 1. The number of fused-ring (bicyclic) bond motifs is 1. The first-order valence-electron chi connectivity index (χ1n) is 7.22. The number of nitrogens with zero attached hydrogens (tertiary/aromatic N) is 1. The number of carbonyl (C=O) groups excluding carboxylic acids is 1. The molecule has 0 saturated heterocycles. The minimum atomic E-state index is -0.654. The third kappa shape index (κ3) is 2.93. The summed E-state index contributed by atoms with van der Waals surface area (Å²) < 4.78 is 26.3. The summed E-state index contributed by atoms with van der Waals surface area (Å²) in [7, 11) is 0. The maximum Gasteiger partial charge on any atom is 0.228 e. The molecule has 2 aromatic carbocycles. The zero-order chi connectivity index (χ0) is 15.5. The second kappa shape index (κ2) is 6.13. The van der Waals surface area contributed by atoms with Crippen LogP contribution in [-0.2, 0) is 11.2 Å². The predicted molar refractivity (Wildman–Crippen MR) is 82.0 cm³/mol. The Morgan fingerprint density at radius 3 is 2.82 bits per heavy atom. The molecule has 1 amide bonds. The van der Waals surface area contributed by atoms with E-state index in [1.165, 1.54) is 17.7 Å². The molecular formula is C17H16F2N2O. The number of benzene rings is 2. The van der Waals surface area contributed by atoms with Crippen LogP contribution in [0.5, 0.6) is 0 Å². The normalized spacial score (nSPS) is 13.1. The van der Waals surface area contributed by atoms with Gasteiger partial charge in [0.25, 0.3) is 0 Å². The average molecular weight is 302 g/mol. The molecule has 3 rings (SSSR count). The van der Waals surface area contributed by atoms with Crippen LogP contribution in [0.3, 0.4) is 0 Å². The first-order valence-corrected chi connectivity index (χ1v) is 7.22. The fraction of sp³-hybridized carbons (Fsp3) is 0.235. The van der Waals surface area contributed by atoms with Gasteiger partial charge in [-0.2, -0.15) is 0 Å². The summed E-state index contributed by atoms with van der Waals surface area (Å²) in [6.07, 6.45) is 1.12. The molecule has 1 heterocycles. The Labute approximate surface area is 127 Å². The standard InChI is InChI=1S/C17H16F2N2O/c18-13-5-6-15(14(19)11-13)20-9-7-17(22)21-10-8-12-3-1-2-4-16(12)21/h1-6,11,20H,7-10H2. The van der Waals surface area contributed by atoms with E-state index in [1.54, 1.807) is 4.90 Å². The van der Waals surface area contributed by atoms with Crippen LogP contribution in [0.2, 0.25) is 0 Å². The van der Waals surface area contributed by atoms with E-state index in [9.17, 15) is 13.6 Å². The molecular weight excluding hydrogens is 286 g/mol. The van der Waals surface area contributed by atoms with E-state index in [1.807, 2.05) is 24.3 Å². The molecule has 5 heteroatoms. The van der Waals surface area contributed by atoms with Crippen molar-refractivity contribution in [3.63, 3.8) is 0 Å². The van der Waals surface area contributed by atoms with E-state index in [4.69, 9.17) is 0 Å². The quantitative estimate of drug-likeness (QED) is 0.939. The molecule has 1 N–H and O–H groups in total. The Hall–Kier alpha value is -2.43. The summed E-state index contributed by atoms with van der Waals surface area (Å²) in [4.78, 5) is 14.0. The van der Waals surface area contributed by atoms with Crippen LogP contribution >= 0.6 is 0 Å². The van der Waals surface area contributed by atoms with Crippen LogP contribution in [0.1, 0.15) is 12.0 Å². The zero-order valence-electron chi connectivity index (χ0n) is 12.0. The summed E-state index contributed by atoms with van der Waals surface area (Å²) in [6.45, 7) is 0.989. The Morgan fingerprint density at radius 2 is 2.00 bits per heavy atom. The largest absolute Gasteiger partial charge is 0.382 e. The van der Waals surface area contributed by atoms with Gasteiger partial charge in [0, 0.05) is 31.3 Å². The highest BCUT2D eigenvalue weighted by Crippen LogP contribution is 2.27. The molecule has 0 aromatic heterocycles. The maximum atomic E-state index is 13.5. The smallest absolute Gasteiger partial charge is 0.228 e. The van der Waals surface area contributed by atoms with Crippen molar-refractivity contribution >= 4 is 17.3 Å². The van der Waals surface area contributed by atoms with Gasteiger partial charge in [0.1, 0.15) is 11.6 Å². The molecule has 0 bridgehead atoms. The van der Waals surface area contributed by atoms with Gasteiger partial charge in [-0.05, 0) is 30.2 Å². The third-order valence-electron chi connectivity index (χ3n) is 3.77. The monoisotopic (exact) mass is 302 g/mol. The van der Waals surface area contributed by atoms with Gasteiger partial charge in [-0.3, -0.25) is 4.79 Å². The van der Waals surface area contributed by atoms with Gasteiger partial charge in [0.2, 0.25) is 5.91 Å². The average Bonchev–Trinajstić information content (AvgIpc) is 2.93. The minimum Gasteiger partial charge on any atom is -0.382 e. The van der Waals surface area contributed by atoms with Gasteiger partial charge in [-0.1, -0.05) is 18.2 Å². The molecule has 1 aliphatic heterocycles. The van der Waals surface area contributed by atoms with Crippen molar-refractivity contribution in [1.29, 1.82) is 0 Å². The summed E-state index contributed by atoms with van der Waals surface area (Å²) in [5.41, 5.74) is 2.34. The number of hydrogen-bond donors (Lipinski definition) is 1. The van der Waals surface area contributed by atoms with Gasteiger partial charge in [-0.25, -0.2) is 8.78 Å². The highest BCUT2D eigenvalue weighted by Gasteiger charge is 2.23. The number of amides is 1. The van der Waals surface area contributed by atoms with Crippen molar-refractivity contribution in [2.45, 2.75) is 12.8 Å². The number of carbonyl (C=O) groups is 1. The van der Waals surface area contributed by atoms with Crippen LogP contribution in [0, 0.1) is 11.6 Å². The van der Waals surface area contributed by atoms with Crippen LogP contribution in [-0.4, -0.2) is 19.0 Å². The van der Waals surface area contributed by atoms with Gasteiger partial charge in [0.05, 0.1) is 5.69 Å². The zero-order valence-corrected chi connectivity index (χ0v) is 12.0. The van der Waals surface area contributed by atoms with E-state index in [2.05, 4.69) is 5.32 Å². The topological polar surface area (TPSA) is 32.3 Å². The minimum absolute atomic E-state index is 0.0000279. The highest BCUT2D eigenvalue weighted by molar-refractivity contribution is 5.95. The van der Waals surface area contributed by atoms with E-state index in [0.717, 1.165) is 18.2 Å². The van der Waals surface area contributed by atoms with Gasteiger partial charge < -0.3 is 10.2 Å². The lowest BCUT2D eigenvalue weighted by Crippen LogP contribution is -2.30. The second-order valence-electron chi connectivity index (χ2n) is 5.23. The number of anilines is 2. The lowest BCUT2D eigenvalue weighted by atomic mass is 10.2. The predicted octanol–water partition coefficient (Wildman–Crippen LogP) is 3.36. The number of hydrogen-bond acceptors (Lipinski definition) is 2. The second-order valence-corrected chi connectivity index (χ2v) is 5.23. The Balaban J connectivity index is 1.57. The summed E-state index contributed by atoms with van der Waals surface area (Å²) in [6, 6.07) is 11.2. The Bertz CT molecular complexity index is 703. The van der Waals surface area contributed by atoms with Gasteiger partial charge in [0.15, 0.2) is 0 Å².